The van der Waals surface area contributed by atoms with Gasteiger partial charge in [0.05, 0.1) is 0 Å². The first-order valence-corrected chi connectivity index (χ1v) is 6.46. The van der Waals surface area contributed by atoms with Crippen LogP contribution in [0.2, 0.25) is 0 Å². The molecule has 20 heavy (non-hydrogen) atoms. The first-order valence-electron chi connectivity index (χ1n) is 6.46. The van der Waals surface area contributed by atoms with Crippen LogP contribution in [0.4, 0.5) is 0 Å². The van der Waals surface area contributed by atoms with Crippen LogP contribution in [0.15, 0.2) is 72.3 Å². The Kier molecular flexibility index (Phi) is 4.90. The van der Waals surface area contributed by atoms with E-state index in [0.717, 1.165) is 11.1 Å². The molecule has 0 aliphatic rings. The Balaban J connectivity index is 2.09. The predicted octanol–water partition coefficient (Wildman–Crippen LogP) is 4.26. The molecule has 0 aliphatic carbocycles. The molecule has 0 spiro atoms. The van der Waals surface area contributed by atoms with Gasteiger partial charge in [-0.3, -0.25) is 0 Å². The van der Waals surface area contributed by atoms with Gasteiger partial charge in [-0.15, -0.1) is 0 Å². The summed E-state index contributed by atoms with van der Waals surface area (Å²) in [5.41, 5.74) is 2.35. The lowest BCUT2D eigenvalue weighted by Crippen LogP contribution is -1.99. The van der Waals surface area contributed by atoms with E-state index in [9.17, 15) is 9.90 Å². The van der Waals surface area contributed by atoms with Crippen molar-refractivity contribution in [1.29, 1.82) is 0 Å². The quantitative estimate of drug-likeness (QED) is 0.819. The normalized spacial score (nSPS) is 11.7. The third-order valence-electron chi connectivity index (χ3n) is 2.86. The molecule has 2 heteroatoms. The molecule has 2 aromatic carbocycles. The Bertz CT molecular complexity index is 610. The molecule has 0 saturated heterocycles. The highest BCUT2D eigenvalue weighted by molar-refractivity contribution is 5.92. The van der Waals surface area contributed by atoms with Crippen LogP contribution in [0, 0.1) is 0 Å². The second-order valence-electron chi connectivity index (χ2n) is 4.40. The molecule has 0 amide bonds. The van der Waals surface area contributed by atoms with E-state index < -0.39 is 5.97 Å². The number of carboxylic acids is 1. The minimum absolute atomic E-state index is 0.378. The zero-order chi connectivity index (χ0) is 14.2. The standard InChI is InChI=1S/C18H16O2/c19-18(20)17(14-16-10-5-2-6-11-16)13-7-12-15-8-3-1-4-9-15/h1-12,14H,13H2,(H,19,20)/b12-7+,17-14-. The van der Waals surface area contributed by atoms with E-state index in [4.69, 9.17) is 0 Å². The molecule has 0 aromatic heterocycles. The molecule has 2 nitrogen and oxygen atoms in total. The summed E-state index contributed by atoms with van der Waals surface area (Å²) in [4.78, 5) is 11.2. The molecule has 0 saturated carbocycles. The van der Waals surface area contributed by atoms with Gasteiger partial charge in [-0.25, -0.2) is 4.79 Å². The van der Waals surface area contributed by atoms with Gasteiger partial charge in [-0.1, -0.05) is 72.8 Å². The molecule has 0 aliphatic heterocycles. The van der Waals surface area contributed by atoms with Gasteiger partial charge >= 0.3 is 5.97 Å². The summed E-state index contributed by atoms with van der Waals surface area (Å²) in [5, 5.41) is 9.23. The topological polar surface area (TPSA) is 37.3 Å². The van der Waals surface area contributed by atoms with E-state index in [1.54, 1.807) is 6.08 Å². The van der Waals surface area contributed by atoms with E-state index in [2.05, 4.69) is 0 Å². The number of benzene rings is 2. The van der Waals surface area contributed by atoms with Crippen LogP contribution in [-0.4, -0.2) is 11.1 Å². The predicted molar refractivity (Wildman–Crippen MR) is 82.1 cm³/mol. The van der Waals surface area contributed by atoms with Crippen LogP contribution in [-0.2, 0) is 4.79 Å². The Morgan fingerprint density at radius 3 is 2.00 bits per heavy atom. The van der Waals surface area contributed by atoms with Gasteiger partial charge in [0.1, 0.15) is 0 Å². The van der Waals surface area contributed by atoms with Crippen LogP contribution in [0.5, 0.6) is 0 Å². The number of allylic oxidation sites excluding steroid dienone is 1. The second kappa shape index (κ2) is 7.10. The number of hydrogen-bond donors (Lipinski definition) is 1. The average molecular weight is 264 g/mol. The smallest absolute Gasteiger partial charge is 0.331 e. The minimum Gasteiger partial charge on any atom is -0.478 e. The molecule has 2 aromatic rings. The zero-order valence-electron chi connectivity index (χ0n) is 11.1. The van der Waals surface area contributed by atoms with Crippen molar-refractivity contribution in [3.63, 3.8) is 0 Å². The fourth-order valence-electron chi connectivity index (χ4n) is 1.84. The fourth-order valence-corrected chi connectivity index (χ4v) is 1.84. The highest BCUT2D eigenvalue weighted by atomic mass is 16.4. The first-order chi connectivity index (χ1) is 9.75. The van der Waals surface area contributed by atoms with Gasteiger partial charge in [0.2, 0.25) is 0 Å². The van der Waals surface area contributed by atoms with Crippen LogP contribution >= 0.6 is 0 Å². The van der Waals surface area contributed by atoms with Crippen molar-refractivity contribution >= 4 is 18.1 Å². The molecule has 1 N–H and O–H groups in total. The van der Waals surface area contributed by atoms with Crippen molar-refractivity contribution in [3.05, 3.63) is 83.4 Å². The zero-order valence-corrected chi connectivity index (χ0v) is 11.1. The monoisotopic (exact) mass is 264 g/mol. The van der Waals surface area contributed by atoms with Crippen molar-refractivity contribution in [2.75, 3.05) is 0 Å². The summed E-state index contributed by atoms with van der Waals surface area (Å²) < 4.78 is 0. The molecule has 2 rings (SSSR count). The van der Waals surface area contributed by atoms with Gasteiger partial charge < -0.3 is 5.11 Å². The van der Waals surface area contributed by atoms with E-state index in [0.29, 0.717) is 12.0 Å². The Morgan fingerprint density at radius 2 is 1.45 bits per heavy atom. The summed E-state index contributed by atoms with van der Waals surface area (Å²) in [6.07, 6.45) is 5.91. The van der Waals surface area contributed by atoms with Crippen molar-refractivity contribution in [2.24, 2.45) is 0 Å². The lowest BCUT2D eigenvalue weighted by atomic mass is 10.1. The Morgan fingerprint density at radius 1 is 0.900 bits per heavy atom. The van der Waals surface area contributed by atoms with Crippen molar-refractivity contribution < 1.29 is 9.90 Å². The molecule has 0 radical (unpaired) electrons. The van der Waals surface area contributed by atoms with E-state index in [1.165, 1.54) is 0 Å². The van der Waals surface area contributed by atoms with Gasteiger partial charge in [0.15, 0.2) is 0 Å². The first kappa shape index (κ1) is 13.8. The third-order valence-corrected chi connectivity index (χ3v) is 2.86. The minimum atomic E-state index is -0.883. The lowest BCUT2D eigenvalue weighted by Gasteiger charge is -1.99. The second-order valence-corrected chi connectivity index (χ2v) is 4.40. The Hall–Kier alpha value is -2.61. The lowest BCUT2D eigenvalue weighted by molar-refractivity contribution is -0.132. The van der Waals surface area contributed by atoms with Crippen LogP contribution in [0.1, 0.15) is 17.5 Å². The molecule has 100 valence electrons. The van der Waals surface area contributed by atoms with Gasteiger partial charge in [-0.2, -0.15) is 0 Å². The summed E-state index contributed by atoms with van der Waals surface area (Å²) in [6.45, 7) is 0. The van der Waals surface area contributed by atoms with Crippen LogP contribution in [0.3, 0.4) is 0 Å². The molecule has 0 fully saturated rings. The van der Waals surface area contributed by atoms with Gasteiger partial charge in [0, 0.05) is 5.57 Å². The Labute approximate surface area is 118 Å². The summed E-state index contributed by atoms with van der Waals surface area (Å²) in [5.74, 6) is -0.883. The number of rotatable bonds is 5. The summed E-state index contributed by atoms with van der Waals surface area (Å²) in [7, 11) is 0. The van der Waals surface area contributed by atoms with Crippen LogP contribution < -0.4 is 0 Å². The van der Waals surface area contributed by atoms with Crippen LogP contribution in [0.25, 0.3) is 12.2 Å². The van der Waals surface area contributed by atoms with E-state index in [1.807, 2.05) is 72.8 Å². The maximum absolute atomic E-state index is 11.2. The molecule has 0 unspecified atom stereocenters. The number of carbonyl (C=O) groups is 1. The maximum Gasteiger partial charge on any atom is 0.331 e. The molecule has 0 heterocycles. The third kappa shape index (κ3) is 4.25. The highest BCUT2D eigenvalue weighted by Crippen LogP contribution is 2.12. The summed E-state index contributed by atoms with van der Waals surface area (Å²) in [6, 6.07) is 19.3. The maximum atomic E-state index is 11.2. The van der Waals surface area contributed by atoms with Gasteiger partial charge in [0.25, 0.3) is 0 Å². The average Bonchev–Trinajstić information content (AvgIpc) is 2.48. The fraction of sp³-hybridized carbons (Fsp3) is 0.0556. The van der Waals surface area contributed by atoms with E-state index >= 15 is 0 Å². The number of aliphatic carboxylic acids is 1. The van der Waals surface area contributed by atoms with Crippen molar-refractivity contribution in [3.8, 4) is 0 Å². The van der Waals surface area contributed by atoms with Gasteiger partial charge in [-0.05, 0) is 23.6 Å². The molecule has 0 atom stereocenters. The molecular weight excluding hydrogens is 248 g/mol. The van der Waals surface area contributed by atoms with E-state index in [-0.39, 0.29) is 0 Å². The molecular formula is C18H16O2. The number of carboxylic acid groups (broad SMARTS) is 1. The summed E-state index contributed by atoms with van der Waals surface area (Å²) >= 11 is 0. The highest BCUT2D eigenvalue weighted by Gasteiger charge is 2.04. The van der Waals surface area contributed by atoms with Crippen molar-refractivity contribution in [1.82, 2.24) is 0 Å². The SMILES string of the molecule is O=C(O)/C(=C\c1ccccc1)C/C=C/c1ccccc1. The molecule has 0 bridgehead atoms. The van der Waals surface area contributed by atoms with Crippen molar-refractivity contribution in [2.45, 2.75) is 6.42 Å². The number of hydrogen-bond acceptors (Lipinski definition) is 1. The largest absolute Gasteiger partial charge is 0.478 e.